The molecular weight excluding hydrogens is 234 g/mol. The third kappa shape index (κ3) is 3.15. The van der Waals surface area contributed by atoms with Crippen LogP contribution in [0.3, 0.4) is 0 Å². The second-order valence-electron chi connectivity index (χ2n) is 4.01. The minimum Gasteiger partial charge on any atom is -0.493 e. The van der Waals surface area contributed by atoms with Gasteiger partial charge in [-0.05, 0) is 24.6 Å². The van der Waals surface area contributed by atoms with Crippen molar-refractivity contribution < 1.29 is 4.74 Å². The third-order valence-electron chi connectivity index (χ3n) is 2.74. The zero-order valence-corrected chi connectivity index (χ0v) is 10.7. The van der Waals surface area contributed by atoms with Crippen molar-refractivity contribution in [2.45, 2.75) is 26.3 Å². The monoisotopic (exact) mass is 249 g/mol. The van der Waals surface area contributed by atoms with E-state index in [1.807, 2.05) is 19.1 Å². The number of benzene rings is 1. The van der Waals surface area contributed by atoms with Crippen molar-refractivity contribution in [3.8, 4) is 17.6 Å². The Morgan fingerprint density at radius 1 is 1.47 bits per heavy atom. The smallest absolute Gasteiger partial charge is 0.127 e. The van der Waals surface area contributed by atoms with Crippen LogP contribution in [0.15, 0.2) is 12.1 Å². The number of rotatable bonds is 4. The Kier molecular flexibility index (Phi) is 4.30. The Balaban J connectivity index is 1.98. The van der Waals surface area contributed by atoms with Gasteiger partial charge >= 0.3 is 0 Å². The lowest BCUT2D eigenvalue weighted by molar-refractivity contribution is 0.352. The third-order valence-corrected chi connectivity index (χ3v) is 2.96. The fourth-order valence-corrected chi connectivity index (χ4v) is 2.24. The normalized spacial score (nSPS) is 12.6. The zero-order valence-electron chi connectivity index (χ0n) is 9.98. The van der Waals surface area contributed by atoms with E-state index in [0.29, 0.717) is 0 Å². The SMILES string of the molecule is CC#CCCNCc1cc(Cl)cc2c1OCC2. The molecule has 1 N–H and O–H groups in total. The van der Waals surface area contributed by atoms with Gasteiger partial charge in [-0.2, -0.15) is 0 Å². The molecule has 0 fully saturated rings. The van der Waals surface area contributed by atoms with E-state index in [9.17, 15) is 0 Å². The number of fused-ring (bicyclic) bond motifs is 1. The van der Waals surface area contributed by atoms with Crippen molar-refractivity contribution >= 4 is 11.6 Å². The second kappa shape index (κ2) is 5.95. The summed E-state index contributed by atoms with van der Waals surface area (Å²) >= 11 is 6.09. The van der Waals surface area contributed by atoms with Crippen molar-refractivity contribution in [3.05, 3.63) is 28.3 Å². The Bertz CT molecular complexity index is 459. The highest BCUT2D eigenvalue weighted by molar-refractivity contribution is 6.30. The van der Waals surface area contributed by atoms with Gasteiger partial charge in [0.2, 0.25) is 0 Å². The molecule has 0 amide bonds. The van der Waals surface area contributed by atoms with Gasteiger partial charge in [0.1, 0.15) is 5.75 Å². The van der Waals surface area contributed by atoms with E-state index in [-0.39, 0.29) is 0 Å². The van der Waals surface area contributed by atoms with Crippen molar-refractivity contribution in [1.29, 1.82) is 0 Å². The fourth-order valence-electron chi connectivity index (χ4n) is 1.98. The Morgan fingerprint density at radius 3 is 3.18 bits per heavy atom. The van der Waals surface area contributed by atoms with E-state index < -0.39 is 0 Å². The first-order valence-electron chi connectivity index (χ1n) is 5.85. The van der Waals surface area contributed by atoms with Gasteiger partial charge in [0.25, 0.3) is 0 Å². The van der Waals surface area contributed by atoms with Crippen LogP contribution in [0.1, 0.15) is 24.5 Å². The maximum absolute atomic E-state index is 6.09. The molecule has 0 radical (unpaired) electrons. The van der Waals surface area contributed by atoms with Gasteiger partial charge in [-0.15, -0.1) is 11.8 Å². The van der Waals surface area contributed by atoms with Crippen LogP contribution in [0, 0.1) is 11.8 Å². The highest BCUT2D eigenvalue weighted by Crippen LogP contribution is 2.32. The Morgan fingerprint density at radius 2 is 2.35 bits per heavy atom. The standard InChI is InChI=1S/C14H16ClNO/c1-2-3-4-6-16-10-12-9-13(15)8-11-5-7-17-14(11)12/h8-9,16H,4-7,10H2,1H3. The summed E-state index contributed by atoms with van der Waals surface area (Å²) in [6.07, 6.45) is 1.84. The Hall–Kier alpha value is -1.17. The first-order chi connectivity index (χ1) is 8.31. The van der Waals surface area contributed by atoms with Gasteiger partial charge in [0, 0.05) is 36.5 Å². The lowest BCUT2D eigenvalue weighted by Crippen LogP contribution is -2.14. The van der Waals surface area contributed by atoms with Crippen LogP contribution >= 0.6 is 11.6 Å². The molecule has 2 nitrogen and oxygen atoms in total. The number of hydrogen-bond acceptors (Lipinski definition) is 2. The van der Waals surface area contributed by atoms with Gasteiger partial charge in [0.05, 0.1) is 6.61 Å². The summed E-state index contributed by atoms with van der Waals surface area (Å²) in [5.74, 6) is 6.93. The van der Waals surface area contributed by atoms with Crippen LogP contribution in [0.2, 0.25) is 5.02 Å². The molecule has 2 rings (SSSR count). The quantitative estimate of drug-likeness (QED) is 0.655. The van der Waals surface area contributed by atoms with Crippen LogP contribution in [0.4, 0.5) is 0 Å². The van der Waals surface area contributed by atoms with E-state index in [4.69, 9.17) is 16.3 Å². The summed E-state index contributed by atoms with van der Waals surface area (Å²) in [5, 5.41) is 4.14. The maximum Gasteiger partial charge on any atom is 0.127 e. The molecule has 0 unspecified atom stereocenters. The summed E-state index contributed by atoms with van der Waals surface area (Å²) in [6, 6.07) is 3.97. The molecule has 0 spiro atoms. The van der Waals surface area contributed by atoms with E-state index in [1.165, 1.54) is 5.56 Å². The van der Waals surface area contributed by atoms with Gasteiger partial charge in [0.15, 0.2) is 0 Å². The maximum atomic E-state index is 6.09. The van der Waals surface area contributed by atoms with Crippen LogP contribution in [-0.2, 0) is 13.0 Å². The fraction of sp³-hybridized carbons (Fsp3) is 0.429. The number of halogens is 1. The van der Waals surface area contributed by atoms with E-state index in [1.54, 1.807) is 0 Å². The molecule has 1 heterocycles. The van der Waals surface area contributed by atoms with Crippen molar-refractivity contribution in [3.63, 3.8) is 0 Å². The summed E-state index contributed by atoms with van der Waals surface area (Å²) in [5.41, 5.74) is 2.37. The number of hydrogen-bond donors (Lipinski definition) is 1. The minimum atomic E-state index is 0.768. The van der Waals surface area contributed by atoms with Gasteiger partial charge in [-0.25, -0.2) is 0 Å². The molecule has 1 aliphatic rings. The molecule has 0 bridgehead atoms. The van der Waals surface area contributed by atoms with Crippen LogP contribution < -0.4 is 10.1 Å². The van der Waals surface area contributed by atoms with E-state index in [0.717, 1.165) is 48.9 Å². The molecule has 1 aromatic carbocycles. The topological polar surface area (TPSA) is 21.3 Å². The average molecular weight is 250 g/mol. The lowest BCUT2D eigenvalue weighted by Gasteiger charge is -2.09. The molecule has 0 saturated heterocycles. The molecule has 0 atom stereocenters. The van der Waals surface area contributed by atoms with Crippen molar-refractivity contribution in [1.82, 2.24) is 5.32 Å². The van der Waals surface area contributed by atoms with Gasteiger partial charge in [-0.3, -0.25) is 0 Å². The largest absolute Gasteiger partial charge is 0.493 e. The average Bonchev–Trinajstić information content (AvgIpc) is 2.76. The van der Waals surface area contributed by atoms with Crippen LogP contribution in [0.5, 0.6) is 5.75 Å². The van der Waals surface area contributed by atoms with E-state index >= 15 is 0 Å². The predicted molar refractivity (Wildman–Crippen MR) is 70.4 cm³/mol. The number of nitrogens with one attached hydrogen (secondary N) is 1. The number of ether oxygens (including phenoxy) is 1. The van der Waals surface area contributed by atoms with E-state index in [2.05, 4.69) is 17.2 Å². The van der Waals surface area contributed by atoms with Crippen molar-refractivity contribution in [2.24, 2.45) is 0 Å². The molecule has 1 aromatic rings. The molecule has 0 aliphatic carbocycles. The second-order valence-corrected chi connectivity index (χ2v) is 4.44. The summed E-state index contributed by atoms with van der Waals surface area (Å²) < 4.78 is 5.64. The summed E-state index contributed by atoms with van der Waals surface area (Å²) in [7, 11) is 0. The summed E-state index contributed by atoms with van der Waals surface area (Å²) in [4.78, 5) is 0. The van der Waals surface area contributed by atoms with Crippen molar-refractivity contribution in [2.75, 3.05) is 13.2 Å². The Labute approximate surface area is 107 Å². The lowest BCUT2D eigenvalue weighted by atomic mass is 10.1. The summed E-state index contributed by atoms with van der Waals surface area (Å²) in [6.45, 7) is 4.30. The highest BCUT2D eigenvalue weighted by Gasteiger charge is 2.16. The molecular formula is C14H16ClNO. The minimum absolute atomic E-state index is 0.768. The molecule has 1 aliphatic heterocycles. The molecule has 90 valence electrons. The van der Waals surface area contributed by atoms with Crippen LogP contribution in [0.25, 0.3) is 0 Å². The first kappa shape index (κ1) is 12.3. The van der Waals surface area contributed by atoms with Crippen LogP contribution in [-0.4, -0.2) is 13.2 Å². The predicted octanol–water partition coefficient (Wildman–Crippen LogP) is 2.78. The zero-order chi connectivity index (χ0) is 12.1. The van der Waals surface area contributed by atoms with Gasteiger partial charge < -0.3 is 10.1 Å². The molecule has 0 saturated carbocycles. The molecule has 3 heteroatoms. The molecule has 0 aromatic heterocycles. The van der Waals surface area contributed by atoms with Gasteiger partial charge in [-0.1, -0.05) is 11.6 Å². The highest BCUT2D eigenvalue weighted by atomic mass is 35.5. The first-order valence-corrected chi connectivity index (χ1v) is 6.23. The molecule has 17 heavy (non-hydrogen) atoms.